The zero-order valence-electron chi connectivity index (χ0n) is 11.1. The van der Waals surface area contributed by atoms with Gasteiger partial charge in [0.05, 0.1) is 17.2 Å². The number of rotatable bonds is 2. The number of sulfone groups is 1. The Bertz CT molecular complexity index is 679. The van der Waals surface area contributed by atoms with Gasteiger partial charge in [0, 0.05) is 13.1 Å². The molecule has 0 bridgehead atoms. The van der Waals surface area contributed by atoms with Crippen LogP contribution >= 0.6 is 0 Å². The van der Waals surface area contributed by atoms with Crippen molar-refractivity contribution in [3.63, 3.8) is 0 Å². The smallest absolute Gasteiger partial charge is 0.321 e. The first-order valence-corrected chi connectivity index (χ1v) is 7.91. The summed E-state index contributed by atoms with van der Waals surface area (Å²) in [5.74, 6) is -4.73. The summed E-state index contributed by atoms with van der Waals surface area (Å²) in [6.45, 7) is 0. The van der Waals surface area contributed by atoms with Crippen LogP contribution in [-0.2, 0) is 9.84 Å². The maximum absolute atomic E-state index is 13.4. The zero-order chi connectivity index (χ0) is 15.8. The molecular formula is C12H13F3N2O3S. The third-order valence-electron chi connectivity index (χ3n) is 3.35. The number of nitrogens with one attached hydrogen (secondary N) is 1. The molecule has 9 heteroatoms. The van der Waals surface area contributed by atoms with Crippen LogP contribution in [0.25, 0.3) is 0 Å². The second kappa shape index (κ2) is 5.55. The van der Waals surface area contributed by atoms with Gasteiger partial charge in [-0.05, 0) is 18.6 Å². The summed E-state index contributed by atoms with van der Waals surface area (Å²) in [6, 6.07) is 0.268. The number of carbonyl (C=O) groups excluding carboxylic acids is 1. The van der Waals surface area contributed by atoms with Gasteiger partial charge < -0.3 is 10.2 Å². The van der Waals surface area contributed by atoms with Crippen molar-refractivity contribution in [3.05, 3.63) is 29.6 Å². The molecule has 0 saturated carbocycles. The van der Waals surface area contributed by atoms with E-state index in [9.17, 15) is 26.4 Å². The number of halogens is 3. The molecule has 1 atom stereocenters. The molecule has 1 aliphatic heterocycles. The molecule has 1 aliphatic rings. The Labute approximate surface area is 119 Å². The van der Waals surface area contributed by atoms with Crippen molar-refractivity contribution in [3.8, 4) is 0 Å². The number of hydrogen-bond acceptors (Lipinski definition) is 3. The average molecular weight is 322 g/mol. The predicted octanol–water partition coefficient (Wildman–Crippen LogP) is 1.75. The van der Waals surface area contributed by atoms with Crippen LogP contribution in [0.5, 0.6) is 0 Å². The standard InChI is InChI=1S/C12H13F3N2O3S/c1-17(7-4-5-21(19,20)6-7)12(18)16-9-3-2-8(13)10(14)11(9)15/h2-3,7H,4-6H2,1H3,(H,16,18). The molecule has 2 rings (SSSR count). The summed E-state index contributed by atoms with van der Waals surface area (Å²) < 4.78 is 62.0. The van der Waals surface area contributed by atoms with Crippen molar-refractivity contribution in [1.29, 1.82) is 0 Å². The Hall–Kier alpha value is -1.77. The topological polar surface area (TPSA) is 66.5 Å². The number of amides is 2. The average Bonchev–Trinajstić information content (AvgIpc) is 2.78. The summed E-state index contributed by atoms with van der Waals surface area (Å²) in [7, 11) is -1.81. The molecule has 1 aromatic rings. The molecule has 1 heterocycles. The Morgan fingerprint density at radius 1 is 1.29 bits per heavy atom. The van der Waals surface area contributed by atoms with E-state index < -0.39 is 45.0 Å². The normalized spacial score (nSPS) is 20.3. The lowest BCUT2D eigenvalue weighted by atomic mass is 10.2. The molecule has 1 aromatic carbocycles. The van der Waals surface area contributed by atoms with Crippen molar-refractivity contribution in [2.75, 3.05) is 23.9 Å². The van der Waals surface area contributed by atoms with Gasteiger partial charge in [0.2, 0.25) is 0 Å². The van der Waals surface area contributed by atoms with E-state index in [1.165, 1.54) is 7.05 Å². The maximum Gasteiger partial charge on any atom is 0.321 e. The van der Waals surface area contributed by atoms with E-state index in [0.717, 1.165) is 11.0 Å². The number of hydrogen-bond donors (Lipinski definition) is 1. The highest BCUT2D eigenvalue weighted by molar-refractivity contribution is 7.91. The summed E-state index contributed by atoms with van der Waals surface area (Å²) in [5.41, 5.74) is -0.508. The first-order valence-electron chi connectivity index (χ1n) is 6.09. The van der Waals surface area contributed by atoms with Crippen molar-refractivity contribution < 1.29 is 26.4 Å². The van der Waals surface area contributed by atoms with E-state index in [1.807, 2.05) is 0 Å². The molecule has 0 aromatic heterocycles. The minimum Gasteiger partial charge on any atom is -0.324 e. The van der Waals surface area contributed by atoms with Crippen LogP contribution in [0.3, 0.4) is 0 Å². The molecule has 1 N–H and O–H groups in total. The van der Waals surface area contributed by atoms with E-state index in [4.69, 9.17) is 0 Å². The van der Waals surface area contributed by atoms with Crippen LogP contribution in [0.2, 0.25) is 0 Å². The van der Waals surface area contributed by atoms with Crippen LogP contribution in [0.1, 0.15) is 6.42 Å². The highest BCUT2D eigenvalue weighted by atomic mass is 32.2. The van der Waals surface area contributed by atoms with Crippen LogP contribution in [0, 0.1) is 17.5 Å². The van der Waals surface area contributed by atoms with Crippen molar-refractivity contribution >= 4 is 21.6 Å². The molecule has 1 fully saturated rings. The number of anilines is 1. The van der Waals surface area contributed by atoms with Gasteiger partial charge in [-0.1, -0.05) is 0 Å². The third kappa shape index (κ3) is 3.29. The molecule has 1 saturated heterocycles. The quantitative estimate of drug-likeness (QED) is 0.844. The lowest BCUT2D eigenvalue weighted by Crippen LogP contribution is -2.40. The Morgan fingerprint density at radius 3 is 2.52 bits per heavy atom. The minimum absolute atomic E-state index is 0.0190. The predicted molar refractivity (Wildman–Crippen MR) is 70.2 cm³/mol. The summed E-state index contributed by atoms with van der Waals surface area (Å²) >= 11 is 0. The first kappa shape index (κ1) is 15.6. The number of benzene rings is 1. The monoisotopic (exact) mass is 322 g/mol. The SMILES string of the molecule is CN(C(=O)Nc1ccc(F)c(F)c1F)C1CCS(=O)(=O)C1. The third-order valence-corrected chi connectivity index (χ3v) is 5.10. The van der Waals surface area contributed by atoms with E-state index >= 15 is 0 Å². The molecule has 0 spiro atoms. The van der Waals surface area contributed by atoms with E-state index in [-0.39, 0.29) is 17.9 Å². The van der Waals surface area contributed by atoms with Gasteiger partial charge in [-0.15, -0.1) is 0 Å². The maximum atomic E-state index is 13.4. The van der Waals surface area contributed by atoms with Gasteiger partial charge in [0.15, 0.2) is 27.3 Å². The first-order chi connectivity index (χ1) is 9.71. The molecule has 1 unspecified atom stereocenters. The van der Waals surface area contributed by atoms with E-state index in [2.05, 4.69) is 5.32 Å². The highest BCUT2D eigenvalue weighted by Gasteiger charge is 2.33. The van der Waals surface area contributed by atoms with Crippen LogP contribution in [-0.4, -0.2) is 43.9 Å². The number of carbonyl (C=O) groups is 1. The zero-order valence-corrected chi connectivity index (χ0v) is 11.9. The van der Waals surface area contributed by atoms with Gasteiger partial charge in [0.1, 0.15) is 0 Å². The van der Waals surface area contributed by atoms with Crippen molar-refractivity contribution in [1.82, 2.24) is 4.90 Å². The van der Waals surface area contributed by atoms with Crippen LogP contribution < -0.4 is 5.32 Å². The Morgan fingerprint density at radius 2 is 1.95 bits per heavy atom. The van der Waals surface area contributed by atoms with Gasteiger partial charge in [-0.3, -0.25) is 0 Å². The fraction of sp³-hybridized carbons (Fsp3) is 0.417. The fourth-order valence-electron chi connectivity index (χ4n) is 2.07. The number of urea groups is 1. The van der Waals surface area contributed by atoms with Crippen molar-refractivity contribution in [2.24, 2.45) is 0 Å². The fourth-order valence-corrected chi connectivity index (χ4v) is 3.85. The van der Waals surface area contributed by atoms with Crippen LogP contribution in [0.15, 0.2) is 12.1 Å². The second-order valence-corrected chi connectivity index (χ2v) is 7.05. The van der Waals surface area contributed by atoms with Gasteiger partial charge in [-0.2, -0.15) is 0 Å². The van der Waals surface area contributed by atoms with E-state index in [0.29, 0.717) is 6.07 Å². The number of nitrogens with zero attached hydrogens (tertiary/aromatic N) is 1. The van der Waals surface area contributed by atoms with Gasteiger partial charge in [0.25, 0.3) is 0 Å². The summed E-state index contributed by atoms with van der Waals surface area (Å²) in [6.07, 6.45) is 0.284. The molecule has 2 amide bonds. The minimum atomic E-state index is -3.17. The van der Waals surface area contributed by atoms with E-state index in [1.54, 1.807) is 0 Å². The lowest BCUT2D eigenvalue weighted by Gasteiger charge is -2.23. The van der Waals surface area contributed by atoms with Gasteiger partial charge >= 0.3 is 6.03 Å². The summed E-state index contributed by atoms with van der Waals surface area (Å²) in [5, 5.41) is 2.09. The molecular weight excluding hydrogens is 309 g/mol. The van der Waals surface area contributed by atoms with Crippen LogP contribution in [0.4, 0.5) is 23.7 Å². The molecule has 21 heavy (non-hydrogen) atoms. The molecule has 116 valence electrons. The molecule has 0 radical (unpaired) electrons. The Balaban J connectivity index is 2.10. The van der Waals surface area contributed by atoms with Gasteiger partial charge in [-0.25, -0.2) is 26.4 Å². The Kier molecular flexibility index (Phi) is 4.13. The molecule has 5 nitrogen and oxygen atoms in total. The largest absolute Gasteiger partial charge is 0.324 e. The molecule has 0 aliphatic carbocycles. The second-order valence-electron chi connectivity index (χ2n) is 4.82. The highest BCUT2D eigenvalue weighted by Crippen LogP contribution is 2.21. The van der Waals surface area contributed by atoms with Crippen molar-refractivity contribution in [2.45, 2.75) is 12.5 Å². The summed E-state index contributed by atoms with van der Waals surface area (Å²) in [4.78, 5) is 13.0. The lowest BCUT2D eigenvalue weighted by molar-refractivity contribution is 0.209.